The normalized spacial score (nSPS) is 17.9. The third kappa shape index (κ3) is 3.45. The molecular formula is C11H19N3S. The van der Waals surface area contributed by atoms with E-state index in [0.29, 0.717) is 0 Å². The van der Waals surface area contributed by atoms with Crippen LogP contribution in [0.25, 0.3) is 0 Å². The van der Waals surface area contributed by atoms with Gasteiger partial charge in [0, 0.05) is 6.54 Å². The van der Waals surface area contributed by atoms with Crippen molar-refractivity contribution in [3.05, 3.63) is 5.01 Å². The van der Waals surface area contributed by atoms with Gasteiger partial charge < -0.3 is 5.32 Å². The maximum Gasteiger partial charge on any atom is 0.205 e. The lowest BCUT2D eigenvalue weighted by molar-refractivity contribution is 0.345. The molecule has 2 rings (SSSR count). The lowest BCUT2D eigenvalue weighted by atomic mass is 9.87. The van der Waals surface area contributed by atoms with E-state index in [1.807, 2.05) is 6.92 Å². The van der Waals surface area contributed by atoms with Crippen LogP contribution in [0.4, 0.5) is 5.13 Å². The van der Waals surface area contributed by atoms with Crippen LogP contribution in [0.5, 0.6) is 0 Å². The Morgan fingerprint density at radius 1 is 1.27 bits per heavy atom. The first-order valence-electron chi connectivity index (χ1n) is 5.88. The first kappa shape index (κ1) is 10.9. The van der Waals surface area contributed by atoms with E-state index in [9.17, 15) is 0 Å². The third-order valence-electron chi connectivity index (χ3n) is 3.08. The van der Waals surface area contributed by atoms with Crippen LogP contribution in [0.15, 0.2) is 0 Å². The van der Waals surface area contributed by atoms with E-state index in [1.165, 1.54) is 38.5 Å². The van der Waals surface area contributed by atoms with E-state index in [0.717, 1.165) is 22.6 Å². The van der Waals surface area contributed by atoms with E-state index >= 15 is 0 Å². The monoisotopic (exact) mass is 225 g/mol. The number of aromatic nitrogens is 2. The molecule has 15 heavy (non-hydrogen) atoms. The Hall–Kier alpha value is -0.640. The minimum Gasteiger partial charge on any atom is -0.360 e. The molecule has 0 amide bonds. The van der Waals surface area contributed by atoms with Crippen molar-refractivity contribution in [2.45, 2.75) is 45.4 Å². The second kappa shape index (κ2) is 5.45. The first-order valence-corrected chi connectivity index (χ1v) is 6.70. The van der Waals surface area contributed by atoms with Gasteiger partial charge in [0.1, 0.15) is 5.01 Å². The average Bonchev–Trinajstić information content (AvgIpc) is 2.66. The van der Waals surface area contributed by atoms with Crippen molar-refractivity contribution in [2.24, 2.45) is 5.92 Å². The van der Waals surface area contributed by atoms with Gasteiger partial charge in [-0.25, -0.2) is 0 Å². The summed E-state index contributed by atoms with van der Waals surface area (Å²) in [7, 11) is 0. The summed E-state index contributed by atoms with van der Waals surface area (Å²) in [6.45, 7) is 3.04. The van der Waals surface area contributed by atoms with E-state index in [1.54, 1.807) is 11.3 Å². The fourth-order valence-corrected chi connectivity index (χ4v) is 2.84. The topological polar surface area (TPSA) is 37.8 Å². The lowest BCUT2D eigenvalue weighted by Gasteiger charge is -2.21. The Morgan fingerprint density at radius 3 is 2.73 bits per heavy atom. The van der Waals surface area contributed by atoms with E-state index in [4.69, 9.17) is 0 Å². The van der Waals surface area contributed by atoms with Crippen molar-refractivity contribution in [3.8, 4) is 0 Å². The fraction of sp³-hybridized carbons (Fsp3) is 0.818. The summed E-state index contributed by atoms with van der Waals surface area (Å²) in [4.78, 5) is 0. The Balaban J connectivity index is 1.65. The minimum absolute atomic E-state index is 0.945. The molecule has 1 aliphatic rings. The van der Waals surface area contributed by atoms with Crippen molar-refractivity contribution in [3.63, 3.8) is 0 Å². The molecule has 0 aliphatic heterocycles. The second-order valence-electron chi connectivity index (χ2n) is 4.35. The number of nitrogens with one attached hydrogen (secondary N) is 1. The lowest BCUT2D eigenvalue weighted by Crippen LogP contribution is -2.12. The summed E-state index contributed by atoms with van der Waals surface area (Å²) in [5.41, 5.74) is 0. The van der Waals surface area contributed by atoms with Crippen molar-refractivity contribution in [1.82, 2.24) is 10.2 Å². The zero-order chi connectivity index (χ0) is 10.5. The van der Waals surface area contributed by atoms with Gasteiger partial charge in [-0.3, -0.25) is 0 Å². The average molecular weight is 225 g/mol. The second-order valence-corrected chi connectivity index (χ2v) is 5.53. The molecule has 4 heteroatoms. The summed E-state index contributed by atoms with van der Waals surface area (Å²) in [5.74, 6) is 0.945. The van der Waals surface area contributed by atoms with Crippen molar-refractivity contribution in [2.75, 3.05) is 11.9 Å². The molecule has 0 aromatic carbocycles. The Morgan fingerprint density at radius 2 is 2.07 bits per heavy atom. The predicted octanol–water partition coefficient (Wildman–Crippen LogP) is 3.23. The molecule has 0 bridgehead atoms. The highest BCUT2D eigenvalue weighted by Crippen LogP contribution is 2.26. The molecule has 1 heterocycles. The summed E-state index contributed by atoms with van der Waals surface area (Å²) in [5, 5.41) is 13.4. The molecule has 1 aromatic heterocycles. The first-order chi connectivity index (χ1) is 7.34. The van der Waals surface area contributed by atoms with Gasteiger partial charge in [-0.15, -0.1) is 10.2 Å². The van der Waals surface area contributed by atoms with Crippen LogP contribution in [0, 0.1) is 12.8 Å². The van der Waals surface area contributed by atoms with Crippen molar-refractivity contribution >= 4 is 16.5 Å². The summed E-state index contributed by atoms with van der Waals surface area (Å²) in [6, 6.07) is 0. The SMILES string of the molecule is Cc1nnc(NCCC2CCCCC2)s1. The van der Waals surface area contributed by atoms with Crippen LogP contribution in [0.3, 0.4) is 0 Å². The zero-order valence-corrected chi connectivity index (χ0v) is 10.1. The fourth-order valence-electron chi connectivity index (χ4n) is 2.23. The molecule has 84 valence electrons. The highest BCUT2D eigenvalue weighted by molar-refractivity contribution is 7.15. The van der Waals surface area contributed by atoms with Crippen molar-refractivity contribution in [1.29, 1.82) is 0 Å². The molecule has 0 saturated heterocycles. The molecule has 1 aromatic rings. The van der Waals surface area contributed by atoms with Gasteiger partial charge in [0.25, 0.3) is 0 Å². The highest BCUT2D eigenvalue weighted by Gasteiger charge is 2.12. The van der Waals surface area contributed by atoms with Crippen LogP contribution in [0.2, 0.25) is 0 Å². The summed E-state index contributed by atoms with van der Waals surface area (Å²) < 4.78 is 0. The Bertz CT molecular complexity index is 292. The number of rotatable bonds is 4. The van der Waals surface area contributed by atoms with Crippen LogP contribution in [-0.2, 0) is 0 Å². The quantitative estimate of drug-likeness (QED) is 0.855. The van der Waals surface area contributed by atoms with Gasteiger partial charge in [0.2, 0.25) is 5.13 Å². The number of nitrogens with zero attached hydrogens (tertiary/aromatic N) is 2. The van der Waals surface area contributed by atoms with Gasteiger partial charge in [0.15, 0.2) is 0 Å². The summed E-state index contributed by atoms with van der Waals surface area (Å²) in [6.07, 6.45) is 8.46. The zero-order valence-electron chi connectivity index (χ0n) is 9.33. The van der Waals surface area contributed by atoms with E-state index < -0.39 is 0 Å². The predicted molar refractivity (Wildman–Crippen MR) is 64.3 cm³/mol. The molecule has 1 fully saturated rings. The molecule has 3 nitrogen and oxygen atoms in total. The van der Waals surface area contributed by atoms with Gasteiger partial charge in [-0.1, -0.05) is 43.4 Å². The maximum absolute atomic E-state index is 4.06. The smallest absolute Gasteiger partial charge is 0.205 e. The van der Waals surface area contributed by atoms with Gasteiger partial charge in [-0.2, -0.15) is 0 Å². The summed E-state index contributed by atoms with van der Waals surface area (Å²) >= 11 is 1.64. The van der Waals surface area contributed by atoms with Crippen LogP contribution >= 0.6 is 11.3 Å². The molecule has 1 aliphatic carbocycles. The van der Waals surface area contributed by atoms with Crippen molar-refractivity contribution < 1.29 is 0 Å². The molecule has 1 N–H and O–H groups in total. The molecule has 0 spiro atoms. The number of hydrogen-bond donors (Lipinski definition) is 1. The highest BCUT2D eigenvalue weighted by atomic mass is 32.1. The molecular weight excluding hydrogens is 206 g/mol. The number of anilines is 1. The van der Waals surface area contributed by atoms with Gasteiger partial charge in [0.05, 0.1) is 0 Å². The molecule has 1 saturated carbocycles. The molecule has 0 unspecified atom stereocenters. The van der Waals surface area contributed by atoms with E-state index in [2.05, 4.69) is 15.5 Å². The van der Waals surface area contributed by atoms with Gasteiger partial charge in [-0.05, 0) is 19.3 Å². The molecule has 0 radical (unpaired) electrons. The molecule has 0 atom stereocenters. The van der Waals surface area contributed by atoms with Crippen LogP contribution < -0.4 is 5.32 Å². The van der Waals surface area contributed by atoms with E-state index in [-0.39, 0.29) is 0 Å². The number of hydrogen-bond acceptors (Lipinski definition) is 4. The maximum atomic E-state index is 4.06. The Kier molecular flexibility index (Phi) is 3.94. The standard InChI is InChI=1S/C11H19N3S/c1-9-13-14-11(15-9)12-8-7-10-5-3-2-4-6-10/h10H,2-8H2,1H3,(H,12,14). The Labute approximate surface area is 95.3 Å². The van der Waals surface area contributed by atoms with Crippen LogP contribution in [0.1, 0.15) is 43.5 Å². The number of aryl methyl sites for hydroxylation is 1. The van der Waals surface area contributed by atoms with Crippen LogP contribution in [-0.4, -0.2) is 16.7 Å². The largest absolute Gasteiger partial charge is 0.360 e. The van der Waals surface area contributed by atoms with Gasteiger partial charge >= 0.3 is 0 Å². The third-order valence-corrected chi connectivity index (χ3v) is 3.88. The minimum atomic E-state index is 0.945.